The number of ketones is 1. The van der Waals surface area contributed by atoms with Crippen molar-refractivity contribution < 1.29 is 14.0 Å². The van der Waals surface area contributed by atoms with Crippen molar-refractivity contribution in [3.63, 3.8) is 0 Å². The molecule has 0 saturated heterocycles. The lowest BCUT2D eigenvalue weighted by Crippen LogP contribution is -2.26. The third kappa shape index (κ3) is 3.40. The molecule has 4 heteroatoms. The van der Waals surface area contributed by atoms with E-state index in [4.69, 9.17) is 4.42 Å². The molecule has 0 aliphatic carbocycles. The largest absolute Gasteiger partial charge is 0.466 e. The van der Waals surface area contributed by atoms with Crippen LogP contribution in [0.1, 0.15) is 57.7 Å². The molecule has 1 aromatic carbocycles. The Labute approximate surface area is 124 Å². The van der Waals surface area contributed by atoms with Gasteiger partial charge in [0.1, 0.15) is 11.5 Å². The predicted molar refractivity (Wildman–Crippen MR) is 80.5 cm³/mol. The van der Waals surface area contributed by atoms with E-state index in [-0.39, 0.29) is 17.7 Å². The summed E-state index contributed by atoms with van der Waals surface area (Å²) in [6, 6.07) is 8.83. The number of aryl methyl sites for hydroxylation is 2. The van der Waals surface area contributed by atoms with Crippen molar-refractivity contribution in [3.05, 3.63) is 58.5 Å². The Balaban J connectivity index is 2.16. The first-order valence-electron chi connectivity index (χ1n) is 6.87. The van der Waals surface area contributed by atoms with E-state index in [1.165, 1.54) is 6.92 Å². The summed E-state index contributed by atoms with van der Waals surface area (Å²) in [6.45, 7) is 6.99. The van der Waals surface area contributed by atoms with Gasteiger partial charge in [-0.25, -0.2) is 0 Å². The highest BCUT2D eigenvalue weighted by Gasteiger charge is 2.16. The van der Waals surface area contributed by atoms with Gasteiger partial charge in [0.25, 0.3) is 5.91 Å². The lowest BCUT2D eigenvalue weighted by atomic mass is 10.0. The maximum absolute atomic E-state index is 12.2. The minimum atomic E-state index is -0.189. The van der Waals surface area contributed by atoms with Crippen molar-refractivity contribution in [3.8, 4) is 0 Å². The zero-order valence-electron chi connectivity index (χ0n) is 12.7. The number of carbonyl (C=O) groups is 2. The van der Waals surface area contributed by atoms with Crippen LogP contribution in [0.3, 0.4) is 0 Å². The topological polar surface area (TPSA) is 59.3 Å². The SMILES string of the molecule is CC(=O)c1cccc(C(C)NC(=O)c2cc(C)oc2C)c1. The van der Waals surface area contributed by atoms with Gasteiger partial charge >= 0.3 is 0 Å². The van der Waals surface area contributed by atoms with Crippen molar-refractivity contribution in [2.24, 2.45) is 0 Å². The fraction of sp³-hybridized carbons (Fsp3) is 0.294. The molecule has 0 bridgehead atoms. The molecule has 1 atom stereocenters. The summed E-state index contributed by atoms with van der Waals surface area (Å²) in [7, 11) is 0. The third-order valence-electron chi connectivity index (χ3n) is 3.43. The molecule has 110 valence electrons. The van der Waals surface area contributed by atoms with Gasteiger partial charge in [0.15, 0.2) is 5.78 Å². The summed E-state index contributed by atoms with van der Waals surface area (Å²) in [4.78, 5) is 23.7. The number of hydrogen-bond donors (Lipinski definition) is 1. The van der Waals surface area contributed by atoms with Gasteiger partial charge in [-0.2, -0.15) is 0 Å². The highest BCUT2D eigenvalue weighted by Crippen LogP contribution is 2.18. The van der Waals surface area contributed by atoms with Gasteiger partial charge in [0.05, 0.1) is 11.6 Å². The summed E-state index contributed by atoms with van der Waals surface area (Å²) in [5.41, 5.74) is 2.08. The first kappa shape index (κ1) is 15.0. The van der Waals surface area contributed by atoms with E-state index in [0.717, 1.165) is 5.56 Å². The summed E-state index contributed by atoms with van der Waals surface area (Å²) < 4.78 is 5.37. The number of nitrogens with one attached hydrogen (secondary N) is 1. The monoisotopic (exact) mass is 285 g/mol. The van der Waals surface area contributed by atoms with Gasteiger partial charge in [-0.05, 0) is 45.4 Å². The van der Waals surface area contributed by atoms with Crippen molar-refractivity contribution in [1.82, 2.24) is 5.32 Å². The molecular weight excluding hydrogens is 266 g/mol. The quantitative estimate of drug-likeness (QED) is 0.873. The summed E-state index contributed by atoms with van der Waals surface area (Å²) in [5.74, 6) is 1.15. The normalized spacial score (nSPS) is 12.0. The van der Waals surface area contributed by atoms with Crippen LogP contribution in [0.5, 0.6) is 0 Å². The molecule has 21 heavy (non-hydrogen) atoms. The third-order valence-corrected chi connectivity index (χ3v) is 3.43. The Morgan fingerprint density at radius 3 is 2.48 bits per heavy atom. The van der Waals surface area contributed by atoms with Crippen molar-refractivity contribution in [1.29, 1.82) is 0 Å². The second kappa shape index (κ2) is 5.95. The van der Waals surface area contributed by atoms with Crippen molar-refractivity contribution >= 4 is 11.7 Å². The van der Waals surface area contributed by atoms with E-state index in [2.05, 4.69) is 5.32 Å². The fourth-order valence-electron chi connectivity index (χ4n) is 2.24. The van der Waals surface area contributed by atoms with Crippen LogP contribution in [0.2, 0.25) is 0 Å². The van der Waals surface area contributed by atoms with Crippen LogP contribution in [0.15, 0.2) is 34.7 Å². The zero-order valence-corrected chi connectivity index (χ0v) is 12.7. The zero-order chi connectivity index (χ0) is 15.6. The standard InChI is InChI=1S/C17H19NO3/c1-10-8-16(13(4)21-10)17(20)18-11(2)14-6-5-7-15(9-14)12(3)19/h5-9,11H,1-4H3,(H,18,20). The number of carbonyl (C=O) groups excluding carboxylic acids is 2. The van der Waals surface area contributed by atoms with E-state index in [0.29, 0.717) is 22.6 Å². The highest BCUT2D eigenvalue weighted by molar-refractivity contribution is 5.96. The second-order valence-electron chi connectivity index (χ2n) is 5.20. The molecule has 1 heterocycles. The van der Waals surface area contributed by atoms with Crippen LogP contribution in [-0.2, 0) is 0 Å². The average molecular weight is 285 g/mol. The van der Waals surface area contributed by atoms with Crippen LogP contribution in [0.25, 0.3) is 0 Å². The van der Waals surface area contributed by atoms with Crippen molar-refractivity contribution in [2.45, 2.75) is 33.7 Å². The smallest absolute Gasteiger partial charge is 0.255 e. The second-order valence-corrected chi connectivity index (χ2v) is 5.20. The maximum atomic E-state index is 12.2. The van der Waals surface area contributed by atoms with Crippen LogP contribution in [0.4, 0.5) is 0 Å². The molecule has 0 saturated carbocycles. The highest BCUT2D eigenvalue weighted by atomic mass is 16.3. The number of rotatable bonds is 4. The molecule has 1 aromatic heterocycles. The molecular formula is C17H19NO3. The van der Waals surface area contributed by atoms with E-state index < -0.39 is 0 Å². The molecule has 1 N–H and O–H groups in total. The van der Waals surface area contributed by atoms with Crippen LogP contribution in [0, 0.1) is 13.8 Å². The Morgan fingerprint density at radius 1 is 1.19 bits per heavy atom. The van der Waals surface area contributed by atoms with E-state index in [1.807, 2.05) is 26.0 Å². The summed E-state index contributed by atoms with van der Waals surface area (Å²) in [5, 5.41) is 2.92. The minimum Gasteiger partial charge on any atom is -0.466 e. The molecule has 2 aromatic rings. The lowest BCUT2D eigenvalue weighted by Gasteiger charge is -2.14. The first-order chi connectivity index (χ1) is 9.88. The van der Waals surface area contributed by atoms with E-state index in [1.54, 1.807) is 25.1 Å². The molecule has 0 radical (unpaired) electrons. The minimum absolute atomic E-state index is 0.0108. The Hall–Kier alpha value is -2.36. The molecule has 0 aliphatic heterocycles. The number of benzene rings is 1. The number of furan rings is 1. The van der Waals surface area contributed by atoms with Gasteiger partial charge in [-0.15, -0.1) is 0 Å². The Kier molecular flexibility index (Phi) is 4.26. The predicted octanol–water partition coefficient (Wildman–Crippen LogP) is 3.59. The molecule has 2 rings (SSSR count). The number of Topliss-reactive ketones (excluding diaryl/α,β-unsaturated/α-hetero) is 1. The van der Waals surface area contributed by atoms with Crippen LogP contribution in [-0.4, -0.2) is 11.7 Å². The molecule has 1 unspecified atom stereocenters. The molecule has 0 spiro atoms. The van der Waals surface area contributed by atoms with Gasteiger partial charge in [0.2, 0.25) is 0 Å². The summed E-state index contributed by atoms with van der Waals surface area (Å²) >= 11 is 0. The van der Waals surface area contributed by atoms with Crippen LogP contribution < -0.4 is 5.32 Å². The number of hydrogen-bond acceptors (Lipinski definition) is 3. The van der Waals surface area contributed by atoms with E-state index in [9.17, 15) is 9.59 Å². The van der Waals surface area contributed by atoms with Crippen molar-refractivity contribution in [2.75, 3.05) is 0 Å². The molecule has 1 amide bonds. The van der Waals surface area contributed by atoms with Crippen LogP contribution >= 0.6 is 0 Å². The number of amides is 1. The fourth-order valence-corrected chi connectivity index (χ4v) is 2.24. The summed E-state index contributed by atoms with van der Waals surface area (Å²) in [6.07, 6.45) is 0. The van der Waals surface area contributed by atoms with Gasteiger partial charge in [-0.3, -0.25) is 9.59 Å². The average Bonchev–Trinajstić information content (AvgIpc) is 2.77. The molecule has 0 aliphatic rings. The Bertz CT molecular complexity index is 685. The van der Waals surface area contributed by atoms with Gasteiger partial charge < -0.3 is 9.73 Å². The molecule has 0 fully saturated rings. The van der Waals surface area contributed by atoms with E-state index >= 15 is 0 Å². The Morgan fingerprint density at radius 2 is 1.90 bits per heavy atom. The lowest BCUT2D eigenvalue weighted by molar-refractivity contribution is 0.0938. The van der Waals surface area contributed by atoms with Gasteiger partial charge in [-0.1, -0.05) is 18.2 Å². The maximum Gasteiger partial charge on any atom is 0.255 e. The molecule has 4 nitrogen and oxygen atoms in total. The first-order valence-corrected chi connectivity index (χ1v) is 6.87. The van der Waals surface area contributed by atoms with Gasteiger partial charge in [0, 0.05) is 5.56 Å².